The van der Waals surface area contributed by atoms with Gasteiger partial charge in [0, 0.05) is 11.6 Å². The summed E-state index contributed by atoms with van der Waals surface area (Å²) in [6.07, 6.45) is 0.568. The van der Waals surface area contributed by atoms with Gasteiger partial charge in [-0.2, -0.15) is 0 Å². The molecule has 1 aliphatic heterocycles. The van der Waals surface area contributed by atoms with Crippen LogP contribution in [0.5, 0.6) is 0 Å². The Balaban J connectivity index is 1.84. The summed E-state index contributed by atoms with van der Waals surface area (Å²) in [5.74, 6) is 0.114. The van der Waals surface area contributed by atoms with E-state index in [1.54, 1.807) is 18.2 Å². The number of hydrogen-bond donors (Lipinski definition) is 1. The molecule has 2 aromatic carbocycles. The molecule has 0 atom stereocenters. The zero-order valence-electron chi connectivity index (χ0n) is 13.4. The minimum absolute atomic E-state index is 0.0459. The van der Waals surface area contributed by atoms with E-state index in [-0.39, 0.29) is 10.6 Å². The molecular weight excluding hydrogens is 384 g/mol. The van der Waals surface area contributed by atoms with Crippen LogP contribution < -0.4 is 9.03 Å². The van der Waals surface area contributed by atoms with Crippen molar-refractivity contribution >= 4 is 43.0 Å². The summed E-state index contributed by atoms with van der Waals surface area (Å²) in [7, 11) is -7.08. The number of nitrogens with one attached hydrogen (secondary N) is 1. The van der Waals surface area contributed by atoms with E-state index in [1.165, 1.54) is 28.6 Å². The lowest BCUT2D eigenvalue weighted by Gasteiger charge is -2.17. The lowest BCUT2D eigenvalue weighted by molar-refractivity contribution is 0.599. The number of halogens is 1. The first-order valence-corrected chi connectivity index (χ1v) is 11.1. The zero-order valence-corrected chi connectivity index (χ0v) is 15.8. The van der Waals surface area contributed by atoms with Gasteiger partial charge in [0.25, 0.3) is 10.0 Å². The van der Waals surface area contributed by atoms with Gasteiger partial charge in [-0.05, 0) is 55.3 Å². The SMILES string of the molecule is Cc1ccc(NS(=O)(=O)c2ccc(N3CCCS3(=O)=O)cc2)cc1Cl. The first-order valence-electron chi connectivity index (χ1n) is 7.58. The molecule has 0 aliphatic carbocycles. The largest absolute Gasteiger partial charge is 0.280 e. The molecule has 1 saturated heterocycles. The van der Waals surface area contributed by atoms with Gasteiger partial charge in [0.2, 0.25) is 10.0 Å². The summed E-state index contributed by atoms with van der Waals surface area (Å²) in [5, 5.41) is 0.467. The van der Waals surface area contributed by atoms with Crippen LogP contribution in [-0.2, 0) is 20.0 Å². The third-order valence-electron chi connectivity index (χ3n) is 3.96. The van der Waals surface area contributed by atoms with E-state index < -0.39 is 20.0 Å². The van der Waals surface area contributed by atoms with Crippen molar-refractivity contribution in [1.82, 2.24) is 0 Å². The second-order valence-corrected chi connectivity index (χ2v) is 9.91. The van der Waals surface area contributed by atoms with E-state index in [4.69, 9.17) is 11.6 Å². The standard InChI is InChI=1S/C16H17ClN2O4S2/c1-12-3-4-13(11-16(12)17)18-25(22,23)15-7-5-14(6-8-15)19-9-2-10-24(19,20)21/h3-8,11,18H,2,9-10H2,1H3. The molecule has 0 saturated carbocycles. The Labute approximate surface area is 152 Å². The summed E-state index contributed by atoms with van der Waals surface area (Å²) in [6, 6.07) is 10.7. The van der Waals surface area contributed by atoms with E-state index in [2.05, 4.69) is 4.72 Å². The van der Waals surface area contributed by atoms with Gasteiger partial charge in [-0.15, -0.1) is 0 Å². The first-order chi connectivity index (χ1) is 11.7. The first kappa shape index (κ1) is 18.0. The summed E-state index contributed by atoms with van der Waals surface area (Å²) in [6.45, 7) is 2.24. The van der Waals surface area contributed by atoms with Crippen LogP contribution in [-0.4, -0.2) is 29.1 Å². The van der Waals surface area contributed by atoms with Crippen LogP contribution in [0.15, 0.2) is 47.4 Å². The van der Waals surface area contributed by atoms with Gasteiger partial charge in [0.1, 0.15) is 0 Å². The number of anilines is 2. The molecule has 0 unspecified atom stereocenters. The van der Waals surface area contributed by atoms with Crippen molar-refractivity contribution in [3.8, 4) is 0 Å². The lowest BCUT2D eigenvalue weighted by atomic mass is 10.2. The maximum Gasteiger partial charge on any atom is 0.261 e. The van der Waals surface area contributed by atoms with Crippen molar-refractivity contribution in [2.24, 2.45) is 0 Å². The number of benzene rings is 2. The molecule has 0 bridgehead atoms. The molecule has 0 radical (unpaired) electrons. The average Bonchev–Trinajstić information content (AvgIpc) is 2.90. The Morgan fingerprint density at radius 2 is 1.80 bits per heavy atom. The van der Waals surface area contributed by atoms with Crippen molar-refractivity contribution in [1.29, 1.82) is 0 Å². The van der Waals surface area contributed by atoms with E-state index in [1.807, 2.05) is 6.92 Å². The number of nitrogens with zero attached hydrogens (tertiary/aromatic N) is 1. The summed E-state index contributed by atoms with van der Waals surface area (Å²) < 4.78 is 52.6. The van der Waals surface area contributed by atoms with Crippen LogP contribution in [0.3, 0.4) is 0 Å². The van der Waals surface area contributed by atoms with Gasteiger partial charge in [0.05, 0.1) is 22.0 Å². The molecule has 1 aliphatic rings. The highest BCUT2D eigenvalue weighted by atomic mass is 35.5. The monoisotopic (exact) mass is 400 g/mol. The number of hydrogen-bond acceptors (Lipinski definition) is 4. The quantitative estimate of drug-likeness (QED) is 0.855. The summed E-state index contributed by atoms with van der Waals surface area (Å²) in [4.78, 5) is 0.0459. The molecule has 1 fully saturated rings. The molecule has 0 amide bonds. The third kappa shape index (κ3) is 3.75. The molecule has 1 N–H and O–H groups in total. The molecule has 2 aromatic rings. The fourth-order valence-electron chi connectivity index (χ4n) is 2.59. The molecule has 9 heteroatoms. The van der Waals surface area contributed by atoms with Crippen molar-refractivity contribution in [2.45, 2.75) is 18.2 Å². The van der Waals surface area contributed by atoms with Crippen molar-refractivity contribution < 1.29 is 16.8 Å². The van der Waals surface area contributed by atoms with Gasteiger partial charge in [-0.25, -0.2) is 16.8 Å². The summed E-state index contributed by atoms with van der Waals surface area (Å²) in [5.41, 5.74) is 1.68. The zero-order chi connectivity index (χ0) is 18.2. The van der Waals surface area contributed by atoms with Gasteiger partial charge >= 0.3 is 0 Å². The van der Waals surface area contributed by atoms with Crippen LogP contribution in [0.25, 0.3) is 0 Å². The highest BCUT2D eigenvalue weighted by molar-refractivity contribution is 7.93. The Morgan fingerprint density at radius 3 is 2.36 bits per heavy atom. The highest BCUT2D eigenvalue weighted by Gasteiger charge is 2.28. The Morgan fingerprint density at radius 1 is 1.12 bits per heavy atom. The van der Waals surface area contributed by atoms with Gasteiger partial charge < -0.3 is 0 Å². The van der Waals surface area contributed by atoms with E-state index in [9.17, 15) is 16.8 Å². The third-order valence-corrected chi connectivity index (χ3v) is 7.63. The maximum atomic E-state index is 12.5. The van der Waals surface area contributed by atoms with Gasteiger partial charge in [-0.1, -0.05) is 17.7 Å². The maximum absolute atomic E-state index is 12.5. The van der Waals surface area contributed by atoms with Gasteiger partial charge in [0.15, 0.2) is 0 Å². The Kier molecular flexibility index (Phi) is 4.70. The van der Waals surface area contributed by atoms with Crippen LogP contribution >= 0.6 is 11.6 Å². The molecule has 1 heterocycles. The minimum Gasteiger partial charge on any atom is -0.280 e. The molecule has 0 spiro atoms. The number of aryl methyl sites for hydroxylation is 1. The molecule has 3 rings (SSSR count). The normalized spacial score (nSPS) is 16.8. The van der Waals surface area contributed by atoms with Crippen molar-refractivity contribution in [3.05, 3.63) is 53.1 Å². The Bertz CT molecular complexity index is 1000. The van der Waals surface area contributed by atoms with Crippen LogP contribution in [0.2, 0.25) is 5.02 Å². The topological polar surface area (TPSA) is 83.6 Å². The predicted octanol–water partition coefficient (Wildman–Crippen LogP) is 2.99. The summed E-state index contributed by atoms with van der Waals surface area (Å²) >= 11 is 6.01. The van der Waals surface area contributed by atoms with Crippen LogP contribution in [0, 0.1) is 6.92 Å². The minimum atomic E-state index is -3.79. The molecule has 0 aromatic heterocycles. The second kappa shape index (κ2) is 6.51. The molecule has 6 nitrogen and oxygen atoms in total. The van der Waals surface area contributed by atoms with E-state index >= 15 is 0 Å². The predicted molar refractivity (Wildman–Crippen MR) is 99.2 cm³/mol. The average molecular weight is 401 g/mol. The second-order valence-electron chi connectivity index (χ2n) is 5.81. The fourth-order valence-corrected chi connectivity index (χ4v) is 5.39. The van der Waals surface area contributed by atoms with E-state index in [0.717, 1.165) is 5.56 Å². The highest BCUT2D eigenvalue weighted by Crippen LogP contribution is 2.27. The van der Waals surface area contributed by atoms with Gasteiger partial charge in [-0.3, -0.25) is 9.03 Å². The van der Waals surface area contributed by atoms with Crippen LogP contribution in [0.1, 0.15) is 12.0 Å². The lowest BCUT2D eigenvalue weighted by Crippen LogP contribution is -2.25. The number of sulfonamides is 2. The number of rotatable bonds is 4. The molecule has 25 heavy (non-hydrogen) atoms. The smallest absolute Gasteiger partial charge is 0.261 e. The Hall–Kier alpha value is -1.77. The molecule has 134 valence electrons. The fraction of sp³-hybridized carbons (Fsp3) is 0.250. The van der Waals surface area contributed by atoms with E-state index in [0.29, 0.717) is 29.4 Å². The van der Waals surface area contributed by atoms with Crippen LogP contribution in [0.4, 0.5) is 11.4 Å². The van der Waals surface area contributed by atoms with Crippen molar-refractivity contribution in [2.75, 3.05) is 21.3 Å². The molecular formula is C16H17ClN2O4S2. The van der Waals surface area contributed by atoms with Crippen molar-refractivity contribution in [3.63, 3.8) is 0 Å².